The van der Waals surface area contributed by atoms with Crippen LogP contribution in [-0.2, 0) is 0 Å². The summed E-state index contributed by atoms with van der Waals surface area (Å²) in [5, 5.41) is 0. The van der Waals surface area contributed by atoms with Gasteiger partial charge in [0, 0.05) is 0 Å². The van der Waals surface area contributed by atoms with Gasteiger partial charge in [-0.2, -0.15) is 13.5 Å². The van der Waals surface area contributed by atoms with Crippen LogP contribution in [0, 0.1) is 0 Å². The molecule has 0 saturated heterocycles. The van der Waals surface area contributed by atoms with Crippen molar-refractivity contribution in [2.45, 2.75) is 0 Å². The Morgan fingerprint density at radius 3 is 0.500 bits per heavy atom. The van der Waals surface area contributed by atoms with Crippen molar-refractivity contribution in [2.24, 2.45) is 0 Å². The van der Waals surface area contributed by atoms with Crippen LogP contribution >= 0.6 is 13.5 Å². The zero-order chi connectivity index (χ0) is 0. The van der Waals surface area contributed by atoms with Crippen LogP contribution in [0.2, 0.25) is 0 Å². The minimum Gasteiger partial charge on any atom is -1.00 e. The van der Waals surface area contributed by atoms with Crippen molar-refractivity contribution in [1.82, 2.24) is 0 Å². The second kappa shape index (κ2) is 734. The quantitative estimate of drug-likeness (QED) is 0.278. The van der Waals surface area contributed by atoms with E-state index in [1.165, 1.54) is 0 Å². The van der Waals surface area contributed by atoms with E-state index in [9.17, 15) is 0 Å². The van der Waals surface area contributed by atoms with Crippen LogP contribution in [0.15, 0.2) is 0 Å². The highest BCUT2D eigenvalue weighted by atomic mass is 32.1. The first-order valence-corrected chi connectivity index (χ1v) is 0. The minimum atomic E-state index is 0. The molecule has 0 unspecified atom stereocenters. The van der Waals surface area contributed by atoms with Crippen molar-refractivity contribution in [1.29, 1.82) is 0 Å². The van der Waals surface area contributed by atoms with Crippen molar-refractivity contribution >= 4 is 13.5 Å². The fourth-order valence-electron chi connectivity index (χ4n) is 0. The topological polar surface area (TPSA) is 0 Å². The molecule has 0 amide bonds. The second-order valence-electron chi connectivity index (χ2n) is 0. The van der Waals surface area contributed by atoms with Crippen LogP contribution in [0.25, 0.3) is 0 Å². The molecule has 0 bridgehead atoms. The largest absolute Gasteiger partial charge is 1.00 e. The molecule has 0 N–H and O–H groups in total. The standard InChI is InChI=1S/3FH.H2S/h3*1H;1H2/p-3. The van der Waals surface area contributed by atoms with Gasteiger partial charge in [0.2, 0.25) is 0 Å². The van der Waals surface area contributed by atoms with Crippen LogP contribution in [0.5, 0.6) is 0 Å². The molecule has 0 radical (unpaired) electrons. The van der Waals surface area contributed by atoms with E-state index in [2.05, 4.69) is 0 Å². The van der Waals surface area contributed by atoms with Gasteiger partial charge < -0.3 is 14.1 Å². The lowest BCUT2D eigenvalue weighted by Gasteiger charge is -1.00. The van der Waals surface area contributed by atoms with Gasteiger partial charge in [-0.25, -0.2) is 0 Å². The van der Waals surface area contributed by atoms with Gasteiger partial charge in [0.15, 0.2) is 0 Å². The number of rotatable bonds is 0. The first kappa shape index (κ1) is 2080. The van der Waals surface area contributed by atoms with Crippen molar-refractivity contribution in [3.63, 3.8) is 0 Å². The molecule has 0 rings (SSSR count). The van der Waals surface area contributed by atoms with Gasteiger partial charge in [0.25, 0.3) is 0 Å². The maximum Gasteiger partial charge on any atom is -0.197 e. The summed E-state index contributed by atoms with van der Waals surface area (Å²) in [5.74, 6) is 0. The average Bonchev–Trinajstić information content (AvgIpc) is 0. The molecule has 4 heavy (non-hydrogen) atoms. The summed E-state index contributed by atoms with van der Waals surface area (Å²) in [6.07, 6.45) is 0. The van der Waals surface area contributed by atoms with Crippen LogP contribution in [-0.4, -0.2) is 0 Å². The normalized spacial score (nSPS) is 0. The predicted molar refractivity (Wildman–Crippen MR) is 10.4 cm³/mol. The highest BCUT2D eigenvalue weighted by molar-refractivity contribution is 7.59. The summed E-state index contributed by atoms with van der Waals surface area (Å²) >= 11 is 0. The third kappa shape index (κ3) is 142. The van der Waals surface area contributed by atoms with Crippen LogP contribution < -0.4 is 14.1 Å². The summed E-state index contributed by atoms with van der Waals surface area (Å²) in [7, 11) is 0. The van der Waals surface area contributed by atoms with Crippen LogP contribution in [0.4, 0.5) is 0 Å². The zero-order valence-electron chi connectivity index (χ0n) is 1.63. The lowest BCUT2D eigenvalue weighted by atomic mass is 19.0. The summed E-state index contributed by atoms with van der Waals surface area (Å²) < 4.78 is 0. The zero-order valence-corrected chi connectivity index (χ0v) is 2.63. The lowest BCUT2D eigenvalue weighted by Crippen LogP contribution is -3.00. The fraction of sp³-hybridized carbons (Fsp3) is 0. The smallest absolute Gasteiger partial charge is 0.197 e. The molecule has 0 heterocycles. The molecule has 0 aromatic carbocycles. The Kier molecular flexibility index (Phi) is 382000. The third-order valence-electron chi connectivity index (χ3n) is 0. The Balaban J connectivity index is 0. The molecule has 0 atom stereocenters. The molecule has 32 valence electrons. The van der Waals surface area contributed by atoms with Gasteiger partial charge in [-0.3, -0.25) is 0 Å². The highest BCUT2D eigenvalue weighted by Crippen LogP contribution is 0.648. The molecule has 0 aliphatic carbocycles. The van der Waals surface area contributed by atoms with Crippen molar-refractivity contribution in [3.8, 4) is 0 Å². The first-order valence-electron chi connectivity index (χ1n) is 0. The Morgan fingerprint density at radius 1 is 0.500 bits per heavy atom. The molecule has 0 fully saturated rings. The molecule has 0 nitrogen and oxygen atoms in total. The van der Waals surface area contributed by atoms with E-state index < -0.39 is 0 Å². The Labute approximate surface area is 28.7 Å². The monoisotopic (exact) mass is 91.0 g/mol. The van der Waals surface area contributed by atoms with Crippen molar-refractivity contribution in [3.05, 3.63) is 0 Å². The molecule has 0 aliphatic heterocycles. The number of hydrogen-bond acceptors (Lipinski definition) is 0. The minimum absolute atomic E-state index is 0. The van der Waals surface area contributed by atoms with Crippen LogP contribution in [0.3, 0.4) is 0 Å². The highest BCUT2D eigenvalue weighted by Gasteiger charge is -0.197. The van der Waals surface area contributed by atoms with Crippen LogP contribution in [0.1, 0.15) is 0 Å². The van der Waals surface area contributed by atoms with Gasteiger partial charge >= 0.3 is 0 Å². The SMILES string of the molecule is S.[F-].[F-].[F-]. The van der Waals surface area contributed by atoms with E-state index in [4.69, 9.17) is 0 Å². The maximum absolute atomic E-state index is 0. The molecule has 0 aliphatic rings. The van der Waals surface area contributed by atoms with Gasteiger partial charge in [-0.05, 0) is 0 Å². The summed E-state index contributed by atoms with van der Waals surface area (Å²) in [6, 6.07) is 0. The molecule has 4 heteroatoms. The third-order valence-corrected chi connectivity index (χ3v) is 0. The van der Waals surface area contributed by atoms with Gasteiger partial charge in [-0.15, -0.1) is 0 Å². The van der Waals surface area contributed by atoms with E-state index >= 15 is 0 Å². The van der Waals surface area contributed by atoms with E-state index in [1.54, 1.807) is 0 Å². The summed E-state index contributed by atoms with van der Waals surface area (Å²) in [5.41, 5.74) is 0. The van der Waals surface area contributed by atoms with Crippen molar-refractivity contribution < 1.29 is 14.1 Å². The molecule has 0 saturated carbocycles. The van der Waals surface area contributed by atoms with Gasteiger partial charge in [0.1, 0.15) is 0 Å². The second-order valence-corrected chi connectivity index (χ2v) is 0. The van der Waals surface area contributed by atoms with Crippen molar-refractivity contribution in [2.75, 3.05) is 0 Å². The molecule has 0 aromatic heterocycles. The molecular weight excluding hydrogens is 89.1 g/mol. The lowest BCUT2D eigenvalue weighted by molar-refractivity contribution is -0.00100. The Hall–Kier alpha value is 0.140. The van der Waals surface area contributed by atoms with E-state index in [0.29, 0.717) is 0 Å². The van der Waals surface area contributed by atoms with E-state index in [1.807, 2.05) is 0 Å². The van der Waals surface area contributed by atoms with Gasteiger partial charge in [0.05, 0.1) is 0 Å². The molecule has 0 spiro atoms. The first-order chi connectivity index (χ1) is 0. The number of hydrogen-bond donors (Lipinski definition) is 0. The van der Waals surface area contributed by atoms with E-state index in [0.717, 1.165) is 0 Å². The predicted octanol–water partition coefficient (Wildman–Crippen LogP) is -8.88. The van der Waals surface area contributed by atoms with Gasteiger partial charge in [-0.1, -0.05) is 0 Å². The maximum atomic E-state index is 0. The number of halogens is 3. The fourth-order valence-corrected chi connectivity index (χ4v) is 0. The van der Waals surface area contributed by atoms with E-state index in [-0.39, 0.29) is 27.6 Å². The summed E-state index contributed by atoms with van der Waals surface area (Å²) in [4.78, 5) is 0. The summed E-state index contributed by atoms with van der Waals surface area (Å²) in [6.45, 7) is 0. The molecule has 0 aromatic rings. The average molecular weight is 91.1 g/mol. The Morgan fingerprint density at radius 2 is 0.500 bits per heavy atom. The molecular formula is H2F3S-3. The Bertz CT molecular complexity index is 3.25.